The van der Waals surface area contributed by atoms with E-state index in [2.05, 4.69) is 5.32 Å². The summed E-state index contributed by atoms with van der Waals surface area (Å²) in [6, 6.07) is 13.6. The number of hydrogen-bond donors (Lipinski definition) is 1. The minimum absolute atomic E-state index is 0.106. The maximum atomic E-state index is 11.9. The molecule has 0 atom stereocenters. The number of para-hydroxylation sites is 1. The van der Waals surface area contributed by atoms with Crippen LogP contribution in [0.3, 0.4) is 0 Å². The molecule has 0 bridgehead atoms. The van der Waals surface area contributed by atoms with Gasteiger partial charge in [0, 0.05) is 22.5 Å². The fourth-order valence-corrected chi connectivity index (χ4v) is 2.60. The van der Waals surface area contributed by atoms with E-state index >= 15 is 0 Å². The molecule has 2 aromatic carbocycles. The monoisotopic (exact) mass is 295 g/mol. The van der Waals surface area contributed by atoms with Gasteiger partial charge in [0.15, 0.2) is 0 Å². The van der Waals surface area contributed by atoms with Gasteiger partial charge < -0.3 is 14.5 Å². The third-order valence-electron chi connectivity index (χ3n) is 3.95. The number of furan rings is 1. The van der Waals surface area contributed by atoms with Gasteiger partial charge in [0.2, 0.25) is 5.91 Å². The Morgan fingerprint density at radius 1 is 1.14 bits per heavy atom. The van der Waals surface area contributed by atoms with Crippen LogP contribution in [0.4, 0.5) is 5.69 Å². The zero-order chi connectivity index (χ0) is 14.9. The molecule has 1 fully saturated rings. The highest BCUT2D eigenvalue weighted by molar-refractivity contribution is 6.06. The molecule has 1 saturated carbocycles. The minimum atomic E-state index is -0.129. The molecule has 1 aliphatic rings. The predicted molar refractivity (Wildman–Crippen MR) is 85.9 cm³/mol. The van der Waals surface area contributed by atoms with E-state index in [0.29, 0.717) is 12.5 Å². The highest BCUT2D eigenvalue weighted by atomic mass is 16.5. The molecule has 1 N–H and O–H groups in total. The van der Waals surface area contributed by atoms with E-state index in [1.807, 2.05) is 42.5 Å². The standard InChI is InChI=1S/C18H17NO3/c20-18(11-21-10-12-5-6-12)19-13-7-8-15-14-3-1-2-4-16(14)22-17(15)9-13/h1-4,7-9,12H,5-6,10-11H2,(H,19,20). The van der Waals surface area contributed by atoms with Gasteiger partial charge in [-0.2, -0.15) is 0 Å². The Bertz CT molecular complexity index is 833. The topological polar surface area (TPSA) is 51.5 Å². The van der Waals surface area contributed by atoms with Crippen LogP contribution in [-0.2, 0) is 9.53 Å². The van der Waals surface area contributed by atoms with Crippen LogP contribution in [-0.4, -0.2) is 19.1 Å². The number of benzene rings is 2. The van der Waals surface area contributed by atoms with Gasteiger partial charge in [0.25, 0.3) is 0 Å². The van der Waals surface area contributed by atoms with E-state index in [-0.39, 0.29) is 12.5 Å². The molecule has 112 valence electrons. The van der Waals surface area contributed by atoms with Crippen molar-refractivity contribution in [2.45, 2.75) is 12.8 Å². The number of amides is 1. The summed E-state index contributed by atoms with van der Waals surface area (Å²) in [6.45, 7) is 0.796. The van der Waals surface area contributed by atoms with Gasteiger partial charge in [-0.1, -0.05) is 18.2 Å². The summed E-state index contributed by atoms with van der Waals surface area (Å²) in [7, 11) is 0. The van der Waals surface area contributed by atoms with Crippen molar-refractivity contribution in [3.63, 3.8) is 0 Å². The zero-order valence-corrected chi connectivity index (χ0v) is 12.2. The third-order valence-corrected chi connectivity index (χ3v) is 3.95. The zero-order valence-electron chi connectivity index (χ0n) is 12.2. The van der Waals surface area contributed by atoms with Gasteiger partial charge in [-0.3, -0.25) is 4.79 Å². The molecule has 0 aliphatic heterocycles. The Kier molecular flexibility index (Phi) is 3.31. The fourth-order valence-electron chi connectivity index (χ4n) is 2.60. The average Bonchev–Trinajstić information content (AvgIpc) is 3.26. The van der Waals surface area contributed by atoms with Crippen LogP contribution in [0.25, 0.3) is 21.9 Å². The smallest absolute Gasteiger partial charge is 0.250 e. The largest absolute Gasteiger partial charge is 0.456 e. The Hall–Kier alpha value is -2.33. The van der Waals surface area contributed by atoms with Crippen molar-refractivity contribution in [3.8, 4) is 0 Å². The lowest BCUT2D eigenvalue weighted by atomic mass is 10.1. The van der Waals surface area contributed by atoms with Gasteiger partial charge in [-0.15, -0.1) is 0 Å². The summed E-state index contributed by atoms with van der Waals surface area (Å²) in [5, 5.41) is 4.99. The number of carbonyl (C=O) groups excluding carboxylic acids is 1. The number of carbonyl (C=O) groups is 1. The Morgan fingerprint density at radius 2 is 1.95 bits per heavy atom. The van der Waals surface area contributed by atoms with Crippen LogP contribution in [0.1, 0.15) is 12.8 Å². The van der Waals surface area contributed by atoms with Crippen molar-refractivity contribution in [1.82, 2.24) is 0 Å². The van der Waals surface area contributed by atoms with E-state index in [4.69, 9.17) is 9.15 Å². The van der Waals surface area contributed by atoms with Gasteiger partial charge in [0.1, 0.15) is 17.8 Å². The summed E-state index contributed by atoms with van der Waals surface area (Å²) in [4.78, 5) is 11.9. The second kappa shape index (κ2) is 5.46. The first-order chi connectivity index (χ1) is 10.8. The van der Waals surface area contributed by atoms with Crippen molar-refractivity contribution < 1.29 is 13.9 Å². The van der Waals surface area contributed by atoms with Crippen molar-refractivity contribution in [3.05, 3.63) is 42.5 Å². The van der Waals surface area contributed by atoms with E-state index in [1.165, 1.54) is 12.8 Å². The van der Waals surface area contributed by atoms with Crippen molar-refractivity contribution in [2.75, 3.05) is 18.5 Å². The van der Waals surface area contributed by atoms with Gasteiger partial charge in [-0.25, -0.2) is 0 Å². The molecule has 22 heavy (non-hydrogen) atoms. The summed E-state index contributed by atoms with van der Waals surface area (Å²) in [5.41, 5.74) is 2.36. The Morgan fingerprint density at radius 3 is 2.82 bits per heavy atom. The summed E-state index contributed by atoms with van der Waals surface area (Å²) < 4.78 is 11.2. The highest BCUT2D eigenvalue weighted by Gasteiger charge is 2.21. The molecule has 4 heteroatoms. The van der Waals surface area contributed by atoms with Gasteiger partial charge >= 0.3 is 0 Å². The molecular formula is C18H17NO3. The van der Waals surface area contributed by atoms with Crippen LogP contribution in [0.2, 0.25) is 0 Å². The molecule has 4 rings (SSSR count). The molecule has 1 aliphatic carbocycles. The van der Waals surface area contributed by atoms with Crippen LogP contribution in [0.5, 0.6) is 0 Å². The lowest BCUT2D eigenvalue weighted by Gasteiger charge is -2.05. The second-order valence-corrected chi connectivity index (χ2v) is 5.82. The maximum absolute atomic E-state index is 11.9. The number of rotatable bonds is 5. The molecule has 0 radical (unpaired) electrons. The van der Waals surface area contributed by atoms with Gasteiger partial charge in [-0.05, 0) is 37.0 Å². The molecular weight excluding hydrogens is 278 g/mol. The molecule has 0 unspecified atom stereocenters. The van der Waals surface area contributed by atoms with Crippen LogP contribution >= 0.6 is 0 Å². The predicted octanol–water partition coefficient (Wildman–Crippen LogP) is 3.95. The molecule has 4 nitrogen and oxygen atoms in total. The SMILES string of the molecule is O=C(COCC1CC1)Nc1ccc2c(c1)oc1ccccc12. The highest BCUT2D eigenvalue weighted by Crippen LogP contribution is 2.30. The second-order valence-electron chi connectivity index (χ2n) is 5.82. The van der Waals surface area contributed by atoms with E-state index in [9.17, 15) is 4.79 Å². The summed E-state index contributed by atoms with van der Waals surface area (Å²) >= 11 is 0. The molecule has 0 saturated heterocycles. The lowest BCUT2D eigenvalue weighted by molar-refractivity contribution is -0.120. The van der Waals surface area contributed by atoms with E-state index in [0.717, 1.165) is 27.6 Å². The molecule has 1 heterocycles. The first kappa shape index (κ1) is 13.3. The number of hydrogen-bond acceptors (Lipinski definition) is 3. The normalized spacial score (nSPS) is 14.5. The summed E-state index contributed by atoms with van der Waals surface area (Å²) in [6.07, 6.45) is 2.45. The van der Waals surface area contributed by atoms with E-state index < -0.39 is 0 Å². The first-order valence-electron chi connectivity index (χ1n) is 7.58. The number of ether oxygens (including phenoxy) is 1. The van der Waals surface area contributed by atoms with Crippen molar-refractivity contribution >= 4 is 33.5 Å². The molecule has 3 aromatic rings. The molecule has 1 amide bonds. The number of fused-ring (bicyclic) bond motifs is 3. The van der Waals surface area contributed by atoms with E-state index in [1.54, 1.807) is 0 Å². The average molecular weight is 295 g/mol. The Balaban J connectivity index is 1.49. The molecule has 0 spiro atoms. The lowest BCUT2D eigenvalue weighted by Crippen LogP contribution is -2.18. The van der Waals surface area contributed by atoms with Crippen LogP contribution < -0.4 is 5.32 Å². The quantitative estimate of drug-likeness (QED) is 0.775. The first-order valence-corrected chi connectivity index (χ1v) is 7.58. The Labute approximate surface area is 128 Å². The fraction of sp³-hybridized carbons (Fsp3) is 0.278. The number of nitrogens with one attached hydrogen (secondary N) is 1. The van der Waals surface area contributed by atoms with Crippen molar-refractivity contribution in [1.29, 1.82) is 0 Å². The van der Waals surface area contributed by atoms with Crippen molar-refractivity contribution in [2.24, 2.45) is 5.92 Å². The minimum Gasteiger partial charge on any atom is -0.456 e. The van der Waals surface area contributed by atoms with Crippen LogP contribution in [0, 0.1) is 5.92 Å². The van der Waals surface area contributed by atoms with Gasteiger partial charge in [0.05, 0.1) is 6.61 Å². The van der Waals surface area contributed by atoms with Crippen LogP contribution in [0.15, 0.2) is 46.9 Å². The maximum Gasteiger partial charge on any atom is 0.250 e. The summed E-state index contributed by atoms with van der Waals surface area (Å²) in [5.74, 6) is 0.538. The number of anilines is 1. The third kappa shape index (κ3) is 2.70. The molecule has 1 aromatic heterocycles.